The van der Waals surface area contributed by atoms with Crippen LogP contribution >= 0.6 is 36.2 Å². The van der Waals surface area contributed by atoms with Crippen molar-refractivity contribution >= 4 is 42.1 Å². The zero-order chi connectivity index (χ0) is 15.0. The normalized spacial score (nSPS) is 17.3. The molecule has 1 amide bonds. The Morgan fingerprint density at radius 1 is 1.43 bits per heavy atom. The van der Waals surface area contributed by atoms with Crippen LogP contribution in [0.1, 0.15) is 22.3 Å². The van der Waals surface area contributed by atoms with E-state index < -0.39 is 0 Å². The van der Waals surface area contributed by atoms with Gasteiger partial charge >= 0.3 is 0 Å². The van der Waals surface area contributed by atoms with Crippen molar-refractivity contribution in [2.75, 3.05) is 19.6 Å². The first-order chi connectivity index (χ1) is 10.0. The summed E-state index contributed by atoms with van der Waals surface area (Å²) in [7, 11) is 1.87. The quantitative estimate of drug-likeness (QED) is 0.870. The molecule has 0 aromatic carbocycles. The third-order valence-electron chi connectivity index (χ3n) is 3.60. The Morgan fingerprint density at radius 3 is 2.78 bits per heavy atom. The van der Waals surface area contributed by atoms with Gasteiger partial charge in [-0.05, 0) is 13.8 Å². The van der Waals surface area contributed by atoms with Crippen molar-refractivity contribution in [3.05, 3.63) is 23.0 Å². The van der Waals surface area contributed by atoms with Crippen LogP contribution in [0.25, 0.3) is 10.6 Å². The molecule has 128 valence electrons. The molecule has 0 radical (unpaired) electrons. The topological polar surface area (TPSA) is 63.1 Å². The minimum Gasteiger partial charge on any atom is -0.335 e. The Hall–Kier alpha value is -1.15. The minimum atomic E-state index is 0. The molecule has 0 bridgehead atoms. The standard InChI is InChI=1S/C14H19N5OS.2ClH/c1-9-7-19(5-4-15-9)14(20)12-10(2)17-13(21-12)11-6-16-18(3)8-11;;/h6,8-9,15H,4-5,7H2,1-3H3;2*1H. The third-order valence-corrected chi connectivity index (χ3v) is 4.79. The minimum absolute atomic E-state index is 0. The maximum atomic E-state index is 12.7. The Labute approximate surface area is 152 Å². The van der Waals surface area contributed by atoms with Crippen LogP contribution < -0.4 is 5.32 Å². The second-order valence-corrected chi connectivity index (χ2v) is 6.44. The molecule has 3 heterocycles. The summed E-state index contributed by atoms with van der Waals surface area (Å²) in [6.45, 7) is 6.34. The van der Waals surface area contributed by atoms with Gasteiger partial charge in [0.15, 0.2) is 0 Å². The zero-order valence-corrected chi connectivity index (χ0v) is 15.7. The van der Waals surface area contributed by atoms with E-state index in [0.717, 1.165) is 40.8 Å². The van der Waals surface area contributed by atoms with E-state index in [1.54, 1.807) is 10.9 Å². The van der Waals surface area contributed by atoms with Crippen LogP contribution in [0.2, 0.25) is 0 Å². The molecule has 2 aromatic rings. The van der Waals surface area contributed by atoms with Crippen molar-refractivity contribution in [2.24, 2.45) is 7.05 Å². The molecule has 1 unspecified atom stereocenters. The van der Waals surface area contributed by atoms with Gasteiger partial charge in [0.05, 0.1) is 11.9 Å². The summed E-state index contributed by atoms with van der Waals surface area (Å²) in [5, 5.41) is 8.36. The van der Waals surface area contributed by atoms with Gasteiger partial charge in [0, 0.05) is 44.5 Å². The number of carbonyl (C=O) groups excluding carboxylic acids is 1. The highest BCUT2D eigenvalue weighted by Gasteiger charge is 2.25. The molecule has 1 atom stereocenters. The molecule has 6 nitrogen and oxygen atoms in total. The lowest BCUT2D eigenvalue weighted by Gasteiger charge is -2.31. The van der Waals surface area contributed by atoms with Crippen LogP contribution in [0.4, 0.5) is 0 Å². The van der Waals surface area contributed by atoms with Gasteiger partial charge in [-0.3, -0.25) is 9.48 Å². The van der Waals surface area contributed by atoms with Crippen molar-refractivity contribution in [3.63, 3.8) is 0 Å². The molecular formula is C14H21Cl2N5OS. The van der Waals surface area contributed by atoms with E-state index in [2.05, 4.69) is 22.3 Å². The summed E-state index contributed by atoms with van der Waals surface area (Å²) < 4.78 is 1.74. The Balaban J connectivity index is 0.00000132. The summed E-state index contributed by atoms with van der Waals surface area (Å²) in [6.07, 6.45) is 3.69. The predicted octanol–water partition coefficient (Wildman–Crippen LogP) is 2.13. The highest BCUT2D eigenvalue weighted by molar-refractivity contribution is 7.17. The van der Waals surface area contributed by atoms with E-state index in [0.29, 0.717) is 6.04 Å². The van der Waals surface area contributed by atoms with Crippen LogP contribution in [-0.2, 0) is 7.05 Å². The Bertz CT molecular complexity index is 672. The smallest absolute Gasteiger partial charge is 0.265 e. The maximum Gasteiger partial charge on any atom is 0.265 e. The van der Waals surface area contributed by atoms with Crippen molar-refractivity contribution in [2.45, 2.75) is 19.9 Å². The number of piperazine rings is 1. The molecule has 2 aromatic heterocycles. The fraction of sp³-hybridized carbons (Fsp3) is 0.500. The first kappa shape index (κ1) is 19.9. The number of hydrogen-bond acceptors (Lipinski definition) is 5. The van der Waals surface area contributed by atoms with Crippen molar-refractivity contribution in [1.82, 2.24) is 25.0 Å². The van der Waals surface area contributed by atoms with Crippen LogP contribution in [0, 0.1) is 6.92 Å². The van der Waals surface area contributed by atoms with E-state index in [9.17, 15) is 4.79 Å². The number of nitrogens with one attached hydrogen (secondary N) is 1. The molecule has 23 heavy (non-hydrogen) atoms. The molecule has 9 heteroatoms. The monoisotopic (exact) mass is 377 g/mol. The van der Waals surface area contributed by atoms with E-state index in [1.165, 1.54) is 11.3 Å². The van der Waals surface area contributed by atoms with Gasteiger partial charge in [-0.25, -0.2) is 4.98 Å². The van der Waals surface area contributed by atoms with Crippen molar-refractivity contribution in [3.8, 4) is 10.6 Å². The van der Waals surface area contributed by atoms with Gasteiger partial charge in [-0.15, -0.1) is 36.2 Å². The first-order valence-electron chi connectivity index (χ1n) is 7.03. The Morgan fingerprint density at radius 2 is 2.17 bits per heavy atom. The number of aromatic nitrogens is 3. The zero-order valence-electron chi connectivity index (χ0n) is 13.3. The van der Waals surface area contributed by atoms with E-state index in [4.69, 9.17) is 0 Å². The first-order valence-corrected chi connectivity index (χ1v) is 7.85. The fourth-order valence-corrected chi connectivity index (χ4v) is 3.52. The van der Waals surface area contributed by atoms with Crippen LogP contribution in [0.15, 0.2) is 12.4 Å². The number of amides is 1. The number of aryl methyl sites for hydroxylation is 2. The summed E-state index contributed by atoms with van der Waals surface area (Å²) in [5.74, 6) is 0.0912. The second-order valence-electron chi connectivity index (χ2n) is 5.44. The second kappa shape index (κ2) is 8.10. The molecular weight excluding hydrogens is 357 g/mol. The lowest BCUT2D eigenvalue weighted by molar-refractivity contribution is 0.0713. The number of nitrogens with zero attached hydrogens (tertiary/aromatic N) is 4. The highest BCUT2D eigenvalue weighted by Crippen LogP contribution is 2.28. The molecule has 1 aliphatic heterocycles. The van der Waals surface area contributed by atoms with Crippen molar-refractivity contribution < 1.29 is 4.79 Å². The summed E-state index contributed by atoms with van der Waals surface area (Å²) in [4.78, 5) is 19.8. The molecule has 0 aliphatic carbocycles. The molecule has 1 aliphatic rings. The van der Waals surface area contributed by atoms with Gasteiger partial charge < -0.3 is 10.2 Å². The summed E-state index contributed by atoms with van der Waals surface area (Å²) >= 11 is 1.45. The molecule has 1 fully saturated rings. The molecule has 1 saturated heterocycles. The van der Waals surface area contributed by atoms with Gasteiger partial charge in [0.2, 0.25) is 0 Å². The van der Waals surface area contributed by atoms with Crippen LogP contribution in [0.5, 0.6) is 0 Å². The number of carbonyl (C=O) groups is 1. The largest absolute Gasteiger partial charge is 0.335 e. The molecule has 1 N–H and O–H groups in total. The van der Waals surface area contributed by atoms with Gasteiger partial charge in [-0.1, -0.05) is 0 Å². The van der Waals surface area contributed by atoms with E-state index in [-0.39, 0.29) is 30.7 Å². The molecule has 0 spiro atoms. The number of thiazole rings is 1. The third kappa shape index (κ3) is 4.23. The fourth-order valence-electron chi connectivity index (χ4n) is 2.51. The van der Waals surface area contributed by atoms with Crippen LogP contribution in [0.3, 0.4) is 0 Å². The number of rotatable bonds is 2. The maximum absolute atomic E-state index is 12.7. The summed E-state index contributed by atoms with van der Waals surface area (Å²) in [5.41, 5.74) is 1.76. The van der Waals surface area contributed by atoms with E-state index in [1.807, 2.05) is 25.1 Å². The SMILES string of the molecule is Cc1nc(-c2cnn(C)c2)sc1C(=O)N1CCNC(C)C1.Cl.Cl. The predicted molar refractivity (Wildman–Crippen MR) is 96.9 cm³/mol. The lowest BCUT2D eigenvalue weighted by atomic mass is 10.2. The van der Waals surface area contributed by atoms with Gasteiger partial charge in [0.1, 0.15) is 9.88 Å². The Kier molecular flexibility index (Phi) is 7.01. The van der Waals surface area contributed by atoms with Crippen molar-refractivity contribution in [1.29, 1.82) is 0 Å². The van der Waals surface area contributed by atoms with Gasteiger partial charge in [-0.2, -0.15) is 5.10 Å². The highest BCUT2D eigenvalue weighted by atomic mass is 35.5. The average Bonchev–Trinajstić information content (AvgIpc) is 3.04. The van der Waals surface area contributed by atoms with E-state index >= 15 is 0 Å². The number of hydrogen-bond donors (Lipinski definition) is 1. The average molecular weight is 378 g/mol. The number of halogens is 2. The molecule has 0 saturated carbocycles. The summed E-state index contributed by atoms with van der Waals surface area (Å²) in [6, 6.07) is 0.341. The molecule has 3 rings (SSSR count). The lowest BCUT2D eigenvalue weighted by Crippen LogP contribution is -2.51. The van der Waals surface area contributed by atoms with Crippen LogP contribution in [-0.4, -0.2) is 51.2 Å². The van der Waals surface area contributed by atoms with Gasteiger partial charge in [0.25, 0.3) is 5.91 Å².